The van der Waals surface area contributed by atoms with E-state index in [2.05, 4.69) is 205 Å². The standard InChI is InChI=1S/C54H33B2NO2S/c1-4-16-34(17-5-1)37-28-46-53-49(29-37)58-47-33-48-43(56-41-24-12-15-27-51(41)60-52-31-38(30-50(59-48)54(52)56)35-18-6-2-7-19-35)32-42(47)55(53)40-23-11-14-26-45(40)57(46)44-25-13-10-22-39(44)36-20-8-3-9-21-36/h1-33H. The summed E-state index contributed by atoms with van der Waals surface area (Å²) >= 11 is 1.85. The molecule has 0 radical (unpaired) electrons. The van der Waals surface area contributed by atoms with Gasteiger partial charge in [-0.2, -0.15) is 0 Å². The predicted octanol–water partition coefficient (Wildman–Crippen LogP) is 10.2. The van der Waals surface area contributed by atoms with Gasteiger partial charge in [0.15, 0.2) is 0 Å². The third-order valence-electron chi connectivity index (χ3n) is 12.6. The molecular formula is C54H33B2NO2S. The van der Waals surface area contributed by atoms with Crippen LogP contribution in [0.25, 0.3) is 33.4 Å². The lowest BCUT2D eigenvalue weighted by Gasteiger charge is -2.41. The van der Waals surface area contributed by atoms with Crippen LogP contribution in [0.15, 0.2) is 210 Å². The monoisotopic (exact) mass is 781 g/mol. The van der Waals surface area contributed by atoms with Crippen molar-refractivity contribution >= 4 is 75.0 Å². The molecule has 0 spiro atoms. The molecule has 0 atom stereocenters. The molecule has 0 saturated carbocycles. The van der Waals surface area contributed by atoms with E-state index in [1.165, 1.54) is 53.8 Å². The Hall–Kier alpha value is -7.14. The molecule has 4 aliphatic heterocycles. The molecular weight excluding hydrogens is 748 g/mol. The summed E-state index contributed by atoms with van der Waals surface area (Å²) in [4.78, 5) is 4.99. The van der Waals surface area contributed by atoms with Crippen LogP contribution in [0.4, 0.5) is 17.1 Å². The van der Waals surface area contributed by atoms with Crippen molar-refractivity contribution in [3.8, 4) is 56.4 Å². The number of hydrogen-bond acceptors (Lipinski definition) is 4. The highest BCUT2D eigenvalue weighted by molar-refractivity contribution is 8.00. The number of hydrogen-bond donors (Lipinski definition) is 0. The second kappa shape index (κ2) is 13.2. The van der Waals surface area contributed by atoms with Gasteiger partial charge in [-0.1, -0.05) is 169 Å². The molecule has 4 aliphatic rings. The van der Waals surface area contributed by atoms with Gasteiger partial charge in [0.2, 0.25) is 0 Å². The van der Waals surface area contributed by atoms with Crippen LogP contribution in [0, 0.1) is 0 Å². The van der Waals surface area contributed by atoms with Crippen LogP contribution in [0.2, 0.25) is 0 Å². The highest BCUT2D eigenvalue weighted by Crippen LogP contribution is 2.47. The molecule has 9 aromatic carbocycles. The molecule has 13 rings (SSSR count). The van der Waals surface area contributed by atoms with E-state index in [9.17, 15) is 0 Å². The maximum Gasteiger partial charge on any atom is 0.256 e. The van der Waals surface area contributed by atoms with Crippen molar-refractivity contribution in [1.82, 2.24) is 0 Å². The van der Waals surface area contributed by atoms with Gasteiger partial charge in [-0.25, -0.2) is 0 Å². The van der Waals surface area contributed by atoms with E-state index in [0.29, 0.717) is 0 Å². The van der Waals surface area contributed by atoms with E-state index in [4.69, 9.17) is 9.47 Å². The van der Waals surface area contributed by atoms with Gasteiger partial charge in [0.05, 0.1) is 5.69 Å². The van der Waals surface area contributed by atoms with Crippen LogP contribution >= 0.6 is 11.8 Å². The summed E-state index contributed by atoms with van der Waals surface area (Å²) in [5, 5.41) is 0. The number of benzene rings is 9. The molecule has 278 valence electrons. The zero-order chi connectivity index (χ0) is 39.3. The first-order valence-electron chi connectivity index (χ1n) is 20.6. The molecule has 0 bridgehead atoms. The summed E-state index contributed by atoms with van der Waals surface area (Å²) in [7, 11) is 0. The molecule has 0 fully saturated rings. The van der Waals surface area contributed by atoms with Gasteiger partial charge in [-0.3, -0.25) is 0 Å². The summed E-state index contributed by atoms with van der Waals surface area (Å²) in [6.45, 7) is -0.0551. The Balaban J connectivity index is 1.05. The number of rotatable bonds is 4. The van der Waals surface area contributed by atoms with E-state index < -0.39 is 0 Å². The normalized spacial score (nSPS) is 13.4. The zero-order valence-electron chi connectivity index (χ0n) is 32.4. The van der Waals surface area contributed by atoms with Gasteiger partial charge >= 0.3 is 0 Å². The number of ether oxygens (including phenoxy) is 2. The minimum atomic E-state index is -0.0697. The van der Waals surface area contributed by atoms with Crippen molar-refractivity contribution in [2.75, 3.05) is 4.90 Å². The van der Waals surface area contributed by atoms with Gasteiger partial charge in [0.25, 0.3) is 13.4 Å². The topological polar surface area (TPSA) is 21.7 Å². The smallest absolute Gasteiger partial charge is 0.256 e. The Morgan fingerprint density at radius 1 is 0.333 bits per heavy atom. The summed E-state index contributed by atoms with van der Waals surface area (Å²) in [6.07, 6.45) is 0. The predicted molar refractivity (Wildman–Crippen MR) is 250 cm³/mol. The van der Waals surface area contributed by atoms with Gasteiger partial charge in [0, 0.05) is 32.8 Å². The minimum Gasteiger partial charge on any atom is -0.458 e. The van der Waals surface area contributed by atoms with Crippen molar-refractivity contribution < 1.29 is 9.47 Å². The molecule has 3 nitrogen and oxygen atoms in total. The van der Waals surface area contributed by atoms with Crippen molar-refractivity contribution in [3.05, 3.63) is 200 Å². The molecule has 0 saturated heterocycles. The maximum atomic E-state index is 7.21. The largest absolute Gasteiger partial charge is 0.458 e. The third kappa shape index (κ3) is 5.07. The fraction of sp³-hybridized carbons (Fsp3) is 0. The Morgan fingerprint density at radius 2 is 0.867 bits per heavy atom. The van der Waals surface area contributed by atoms with E-state index in [0.717, 1.165) is 62.2 Å². The number of fused-ring (bicyclic) bond motifs is 8. The van der Waals surface area contributed by atoms with E-state index in [-0.39, 0.29) is 13.4 Å². The highest BCUT2D eigenvalue weighted by Gasteiger charge is 2.46. The van der Waals surface area contributed by atoms with E-state index >= 15 is 0 Å². The van der Waals surface area contributed by atoms with Gasteiger partial charge in [-0.05, 0) is 97.6 Å². The molecule has 0 amide bonds. The lowest BCUT2D eigenvalue weighted by atomic mass is 9.31. The van der Waals surface area contributed by atoms with E-state index in [1.807, 2.05) is 11.8 Å². The Labute approximate surface area is 354 Å². The average molecular weight is 782 g/mol. The first kappa shape index (κ1) is 33.8. The summed E-state index contributed by atoms with van der Waals surface area (Å²) in [5.74, 6) is 3.45. The summed E-state index contributed by atoms with van der Waals surface area (Å²) < 4.78 is 14.3. The van der Waals surface area contributed by atoms with Crippen LogP contribution in [0.3, 0.4) is 0 Å². The minimum absolute atomic E-state index is 0.0146. The lowest BCUT2D eigenvalue weighted by Crippen LogP contribution is -2.62. The second-order valence-corrected chi connectivity index (χ2v) is 17.0. The summed E-state index contributed by atoms with van der Waals surface area (Å²) in [5.41, 5.74) is 17.6. The van der Waals surface area contributed by atoms with Crippen molar-refractivity contribution in [3.63, 3.8) is 0 Å². The van der Waals surface area contributed by atoms with Gasteiger partial charge in [0.1, 0.15) is 23.0 Å². The molecule has 0 N–H and O–H groups in total. The van der Waals surface area contributed by atoms with Crippen LogP contribution in [-0.4, -0.2) is 13.4 Å². The Morgan fingerprint density at radius 3 is 1.57 bits per heavy atom. The average Bonchev–Trinajstić information content (AvgIpc) is 3.31. The molecule has 0 unspecified atom stereocenters. The Bertz CT molecular complexity index is 3210. The molecule has 0 aromatic heterocycles. The quantitative estimate of drug-likeness (QED) is 0.166. The molecule has 6 heteroatoms. The van der Waals surface area contributed by atoms with Crippen LogP contribution in [0.1, 0.15) is 0 Å². The second-order valence-electron chi connectivity index (χ2n) is 15.9. The first-order chi connectivity index (χ1) is 29.7. The number of para-hydroxylation sites is 2. The van der Waals surface area contributed by atoms with Gasteiger partial charge in [-0.15, -0.1) is 0 Å². The Kier molecular flexibility index (Phi) is 7.43. The fourth-order valence-electron chi connectivity index (χ4n) is 10.0. The van der Waals surface area contributed by atoms with Crippen molar-refractivity contribution in [1.29, 1.82) is 0 Å². The van der Waals surface area contributed by atoms with E-state index in [1.54, 1.807) is 0 Å². The molecule has 60 heavy (non-hydrogen) atoms. The van der Waals surface area contributed by atoms with Crippen molar-refractivity contribution in [2.45, 2.75) is 9.79 Å². The lowest BCUT2D eigenvalue weighted by molar-refractivity contribution is 0.465. The van der Waals surface area contributed by atoms with Crippen LogP contribution < -0.4 is 47.2 Å². The molecule has 4 heterocycles. The fourth-order valence-corrected chi connectivity index (χ4v) is 11.2. The molecule has 9 aromatic rings. The third-order valence-corrected chi connectivity index (χ3v) is 13.8. The number of anilines is 3. The molecule has 0 aliphatic carbocycles. The SMILES string of the molecule is c1ccc(-c2cc3c4c(c2)Sc2ccccc2B4c2cc4c(cc2O3)Oc2cc(-c3ccccc3)cc3c2B4c2ccccc2N3c2ccccc2-c2ccccc2)cc1. The van der Waals surface area contributed by atoms with Crippen molar-refractivity contribution in [2.24, 2.45) is 0 Å². The van der Waals surface area contributed by atoms with Crippen LogP contribution in [0.5, 0.6) is 23.0 Å². The van der Waals surface area contributed by atoms with Crippen LogP contribution in [-0.2, 0) is 0 Å². The number of nitrogens with zero attached hydrogens (tertiary/aromatic N) is 1. The maximum absolute atomic E-state index is 7.21. The summed E-state index contributed by atoms with van der Waals surface area (Å²) in [6, 6.07) is 72.4. The highest BCUT2D eigenvalue weighted by atomic mass is 32.2. The van der Waals surface area contributed by atoms with Gasteiger partial charge < -0.3 is 14.4 Å². The zero-order valence-corrected chi connectivity index (χ0v) is 33.2. The first-order valence-corrected chi connectivity index (χ1v) is 21.4.